The average Bonchev–Trinajstić information content (AvgIpc) is 2.48. The number of aryl methyl sites for hydroxylation is 1. The van der Waals surface area contributed by atoms with E-state index < -0.39 is 10.9 Å². The molecule has 2 rings (SSSR count). The fraction of sp³-hybridized carbons (Fsp3) is 0.0625. The van der Waals surface area contributed by atoms with E-state index in [2.05, 4.69) is 27.8 Å². The molecule has 0 atom stereocenters. The van der Waals surface area contributed by atoms with Gasteiger partial charge in [-0.15, -0.1) is 0 Å². The summed E-state index contributed by atoms with van der Waals surface area (Å²) in [5.74, 6) is 4.56. The van der Waals surface area contributed by atoms with Gasteiger partial charge < -0.3 is 5.11 Å². The zero-order valence-electron chi connectivity index (χ0n) is 11.5. The minimum Gasteiger partial charge on any atom is -0.478 e. The van der Waals surface area contributed by atoms with E-state index in [9.17, 15) is 14.9 Å². The first-order valence-corrected chi connectivity index (χ1v) is 6.97. The van der Waals surface area contributed by atoms with Gasteiger partial charge in [0, 0.05) is 16.1 Å². The van der Waals surface area contributed by atoms with Gasteiger partial charge in [-0.3, -0.25) is 10.1 Å². The van der Waals surface area contributed by atoms with Crippen LogP contribution in [0.5, 0.6) is 0 Å². The van der Waals surface area contributed by atoms with Crippen LogP contribution >= 0.6 is 15.9 Å². The molecule has 0 heterocycles. The van der Waals surface area contributed by atoms with Crippen molar-refractivity contribution in [3.8, 4) is 11.8 Å². The maximum atomic E-state index is 11.1. The highest BCUT2D eigenvalue weighted by atomic mass is 79.9. The highest BCUT2D eigenvalue weighted by Crippen LogP contribution is 2.26. The first-order valence-electron chi connectivity index (χ1n) is 6.18. The van der Waals surface area contributed by atoms with Gasteiger partial charge in [-0.25, -0.2) is 4.79 Å². The molecule has 0 saturated carbocycles. The zero-order chi connectivity index (χ0) is 16.3. The lowest BCUT2D eigenvalue weighted by molar-refractivity contribution is -0.385. The summed E-state index contributed by atoms with van der Waals surface area (Å²) in [5.41, 5.74) is 1.83. The Morgan fingerprint density at radius 2 is 1.86 bits per heavy atom. The van der Waals surface area contributed by atoms with Crippen LogP contribution in [0.4, 0.5) is 5.69 Å². The van der Waals surface area contributed by atoms with Crippen molar-refractivity contribution in [3.05, 3.63) is 73.2 Å². The minimum atomic E-state index is -1.02. The Kier molecular flexibility index (Phi) is 4.59. The standard InChI is InChI=1S/C16H10BrNO4/c1-10-8-13(15(18(21)22)9-14(10)17)7-4-11-2-5-12(6-3-11)16(19)20/h2-3,5-6,8-9H,1H3,(H,19,20). The second-order valence-corrected chi connectivity index (χ2v) is 5.36. The van der Waals surface area contributed by atoms with Gasteiger partial charge in [0.1, 0.15) is 5.56 Å². The van der Waals surface area contributed by atoms with Crippen LogP contribution in [0.15, 0.2) is 40.9 Å². The number of rotatable bonds is 2. The lowest BCUT2D eigenvalue weighted by atomic mass is 10.1. The summed E-state index contributed by atoms with van der Waals surface area (Å²) in [7, 11) is 0. The van der Waals surface area contributed by atoms with Crippen molar-refractivity contribution in [1.29, 1.82) is 0 Å². The van der Waals surface area contributed by atoms with E-state index in [0.29, 0.717) is 15.6 Å². The minimum absolute atomic E-state index is 0.0767. The molecular formula is C16H10BrNO4. The van der Waals surface area contributed by atoms with Crippen LogP contribution in [0, 0.1) is 28.9 Å². The lowest BCUT2D eigenvalue weighted by Gasteiger charge is -2.00. The Morgan fingerprint density at radius 1 is 1.23 bits per heavy atom. The fourth-order valence-corrected chi connectivity index (χ4v) is 2.09. The predicted molar refractivity (Wildman–Crippen MR) is 84.9 cm³/mol. The molecule has 0 aliphatic heterocycles. The Hall–Kier alpha value is -2.65. The number of aromatic carboxylic acids is 1. The van der Waals surface area contributed by atoms with Gasteiger partial charge in [0.05, 0.1) is 10.5 Å². The normalized spacial score (nSPS) is 9.73. The van der Waals surface area contributed by atoms with Crippen molar-refractivity contribution >= 4 is 27.6 Å². The van der Waals surface area contributed by atoms with E-state index in [1.54, 1.807) is 18.2 Å². The van der Waals surface area contributed by atoms with Crippen molar-refractivity contribution in [1.82, 2.24) is 0 Å². The highest BCUT2D eigenvalue weighted by molar-refractivity contribution is 9.10. The Balaban J connectivity index is 2.41. The van der Waals surface area contributed by atoms with Gasteiger partial charge in [-0.05, 0) is 42.8 Å². The van der Waals surface area contributed by atoms with E-state index in [1.807, 2.05) is 6.92 Å². The van der Waals surface area contributed by atoms with Crippen LogP contribution in [0.3, 0.4) is 0 Å². The summed E-state index contributed by atoms with van der Waals surface area (Å²) in [4.78, 5) is 21.3. The van der Waals surface area contributed by atoms with Gasteiger partial charge in [0.15, 0.2) is 0 Å². The summed E-state index contributed by atoms with van der Waals surface area (Å²) in [5, 5.41) is 19.9. The summed E-state index contributed by atoms with van der Waals surface area (Å²) in [6.45, 7) is 1.82. The highest BCUT2D eigenvalue weighted by Gasteiger charge is 2.14. The number of nitro groups is 1. The topological polar surface area (TPSA) is 80.4 Å². The zero-order valence-corrected chi connectivity index (χ0v) is 13.0. The largest absolute Gasteiger partial charge is 0.478 e. The molecule has 2 aromatic carbocycles. The van der Waals surface area contributed by atoms with Crippen molar-refractivity contribution in [2.75, 3.05) is 0 Å². The maximum absolute atomic E-state index is 11.1. The van der Waals surface area contributed by atoms with E-state index in [0.717, 1.165) is 5.56 Å². The van der Waals surface area contributed by atoms with E-state index >= 15 is 0 Å². The molecule has 0 aromatic heterocycles. The molecule has 0 aliphatic rings. The molecule has 0 bridgehead atoms. The third kappa shape index (κ3) is 3.51. The molecule has 0 saturated heterocycles. The summed E-state index contributed by atoms with van der Waals surface area (Å²) in [6.07, 6.45) is 0. The number of hydrogen-bond acceptors (Lipinski definition) is 3. The first kappa shape index (κ1) is 15.7. The summed E-state index contributed by atoms with van der Waals surface area (Å²) < 4.78 is 0.649. The second-order valence-electron chi connectivity index (χ2n) is 4.51. The Labute approximate surface area is 134 Å². The van der Waals surface area contributed by atoms with Crippen molar-refractivity contribution in [3.63, 3.8) is 0 Å². The molecule has 5 nitrogen and oxygen atoms in total. The maximum Gasteiger partial charge on any atom is 0.335 e. The van der Waals surface area contributed by atoms with E-state index in [1.165, 1.54) is 18.2 Å². The fourth-order valence-electron chi connectivity index (χ4n) is 1.76. The number of nitro benzene ring substituents is 1. The smallest absolute Gasteiger partial charge is 0.335 e. The molecule has 0 radical (unpaired) electrons. The molecule has 0 aliphatic carbocycles. The summed E-state index contributed by atoms with van der Waals surface area (Å²) >= 11 is 3.26. The van der Waals surface area contributed by atoms with Gasteiger partial charge in [0.25, 0.3) is 5.69 Å². The van der Waals surface area contributed by atoms with Gasteiger partial charge in [-0.2, -0.15) is 0 Å². The summed E-state index contributed by atoms with van der Waals surface area (Å²) in [6, 6.07) is 9.07. The molecular weight excluding hydrogens is 350 g/mol. The van der Waals surface area contributed by atoms with E-state index in [4.69, 9.17) is 5.11 Å². The number of benzene rings is 2. The molecule has 110 valence electrons. The molecule has 1 N–H and O–H groups in total. The monoisotopic (exact) mass is 359 g/mol. The quantitative estimate of drug-likeness (QED) is 0.502. The van der Waals surface area contributed by atoms with Crippen LogP contribution < -0.4 is 0 Å². The SMILES string of the molecule is Cc1cc(C#Cc2ccc(C(=O)O)cc2)c([N+](=O)[O-])cc1Br. The van der Waals surface area contributed by atoms with Gasteiger partial charge in [-0.1, -0.05) is 27.8 Å². The number of hydrogen-bond donors (Lipinski definition) is 1. The molecule has 22 heavy (non-hydrogen) atoms. The van der Waals surface area contributed by atoms with Crippen LogP contribution in [0.25, 0.3) is 0 Å². The first-order chi connectivity index (χ1) is 10.4. The third-order valence-corrected chi connectivity index (χ3v) is 3.80. The number of carboxylic acids is 1. The predicted octanol–water partition coefficient (Wildman–Crippen LogP) is 3.76. The number of halogens is 1. The average molecular weight is 360 g/mol. The van der Waals surface area contributed by atoms with Gasteiger partial charge in [0.2, 0.25) is 0 Å². The molecule has 0 fully saturated rings. The Bertz CT molecular complexity index is 817. The van der Waals surface area contributed by atoms with Crippen molar-refractivity contribution < 1.29 is 14.8 Å². The Morgan fingerprint density at radius 3 is 2.41 bits per heavy atom. The van der Waals surface area contributed by atoms with Crippen LogP contribution in [0.2, 0.25) is 0 Å². The van der Waals surface area contributed by atoms with Crippen molar-refractivity contribution in [2.24, 2.45) is 0 Å². The van der Waals surface area contributed by atoms with Crippen LogP contribution in [-0.2, 0) is 0 Å². The molecule has 2 aromatic rings. The van der Waals surface area contributed by atoms with E-state index in [-0.39, 0.29) is 11.3 Å². The van der Waals surface area contributed by atoms with Crippen molar-refractivity contribution in [2.45, 2.75) is 6.92 Å². The molecule has 6 heteroatoms. The van der Waals surface area contributed by atoms with Crippen LogP contribution in [-0.4, -0.2) is 16.0 Å². The number of carboxylic acid groups (broad SMARTS) is 1. The molecule has 0 amide bonds. The lowest BCUT2D eigenvalue weighted by Crippen LogP contribution is -1.95. The number of nitrogens with zero attached hydrogens (tertiary/aromatic N) is 1. The van der Waals surface area contributed by atoms with Gasteiger partial charge >= 0.3 is 5.97 Å². The van der Waals surface area contributed by atoms with Crippen LogP contribution in [0.1, 0.15) is 27.0 Å². The molecule has 0 spiro atoms. The number of carbonyl (C=O) groups is 1. The third-order valence-electron chi connectivity index (χ3n) is 2.95. The molecule has 0 unspecified atom stereocenters. The second kappa shape index (κ2) is 6.41.